The number of ketones is 2. The maximum absolute atomic E-state index is 13.9. The van der Waals surface area contributed by atoms with Crippen LogP contribution in [0.2, 0.25) is 0 Å². The predicted octanol–water partition coefficient (Wildman–Crippen LogP) is 4.96. The van der Waals surface area contributed by atoms with Crippen LogP contribution in [0, 0.1) is 11.8 Å². The van der Waals surface area contributed by atoms with Gasteiger partial charge in [-0.05, 0) is 41.8 Å². The predicted molar refractivity (Wildman–Crippen MR) is 128 cm³/mol. The standard InChI is InChI=1S/C29H20F3NO5/c1-2-15-7-9-16(10-8-15)23-21-22(28(38-23)24(34)19-5-3-4-6-20(19)25(28)35)27(37)33(26(21)36)18-13-11-17(12-14-18)29(30,31)32/h3-14,21-23H,2H2,1H3. The number of alkyl halides is 3. The van der Waals surface area contributed by atoms with Crippen molar-refractivity contribution >= 4 is 29.1 Å². The van der Waals surface area contributed by atoms with E-state index < -0.39 is 58.7 Å². The number of hydrogen-bond acceptors (Lipinski definition) is 5. The molecule has 0 bridgehead atoms. The lowest BCUT2D eigenvalue weighted by atomic mass is 9.77. The number of aryl methyl sites for hydroxylation is 1. The van der Waals surface area contributed by atoms with E-state index in [0.29, 0.717) is 5.56 Å². The summed E-state index contributed by atoms with van der Waals surface area (Å²) in [4.78, 5) is 55.9. The van der Waals surface area contributed by atoms with Crippen LogP contribution in [0.25, 0.3) is 0 Å². The van der Waals surface area contributed by atoms with E-state index in [1.807, 2.05) is 19.1 Å². The summed E-state index contributed by atoms with van der Waals surface area (Å²) in [5, 5.41) is 0. The number of Topliss-reactive ketones (excluding diaryl/α,β-unsaturated/α-hetero) is 2. The lowest BCUT2D eigenvalue weighted by Gasteiger charge is -2.27. The fourth-order valence-electron chi connectivity index (χ4n) is 5.82. The van der Waals surface area contributed by atoms with Crippen LogP contribution in [-0.4, -0.2) is 29.0 Å². The molecule has 1 aliphatic carbocycles. The second-order valence-corrected chi connectivity index (χ2v) is 9.63. The van der Waals surface area contributed by atoms with E-state index in [1.54, 1.807) is 24.3 Å². The van der Waals surface area contributed by atoms with E-state index in [0.717, 1.165) is 41.1 Å². The number of carbonyl (C=O) groups is 4. The Morgan fingerprint density at radius 1 is 0.816 bits per heavy atom. The highest BCUT2D eigenvalue weighted by atomic mass is 19.4. The Bertz CT molecular complexity index is 1480. The molecule has 2 heterocycles. The third-order valence-corrected chi connectivity index (χ3v) is 7.69. The molecule has 0 radical (unpaired) electrons. The van der Waals surface area contributed by atoms with E-state index in [-0.39, 0.29) is 16.8 Å². The van der Waals surface area contributed by atoms with Crippen molar-refractivity contribution in [1.29, 1.82) is 0 Å². The molecule has 38 heavy (non-hydrogen) atoms. The second kappa shape index (κ2) is 8.19. The van der Waals surface area contributed by atoms with E-state index in [9.17, 15) is 32.3 Å². The molecule has 3 aromatic rings. The van der Waals surface area contributed by atoms with Gasteiger partial charge in [0.1, 0.15) is 0 Å². The average Bonchev–Trinajstić information content (AvgIpc) is 3.48. The molecule has 3 atom stereocenters. The number of halogens is 3. The van der Waals surface area contributed by atoms with Gasteiger partial charge < -0.3 is 4.74 Å². The molecule has 2 amide bonds. The summed E-state index contributed by atoms with van der Waals surface area (Å²) in [6.07, 6.45) is -4.94. The summed E-state index contributed by atoms with van der Waals surface area (Å²) in [6.45, 7) is 1.97. The largest absolute Gasteiger partial charge is 0.416 e. The van der Waals surface area contributed by atoms with Crippen LogP contribution < -0.4 is 4.90 Å². The first-order valence-electron chi connectivity index (χ1n) is 12.1. The van der Waals surface area contributed by atoms with Crippen molar-refractivity contribution in [2.45, 2.75) is 31.2 Å². The zero-order chi connectivity index (χ0) is 27.0. The molecular weight excluding hydrogens is 499 g/mol. The summed E-state index contributed by atoms with van der Waals surface area (Å²) >= 11 is 0. The molecule has 0 N–H and O–H groups in total. The van der Waals surface area contributed by atoms with Gasteiger partial charge >= 0.3 is 6.18 Å². The SMILES string of the molecule is CCc1ccc(C2OC3(C(=O)c4ccccc4C3=O)C3C(=O)N(c4ccc(C(F)(F)F)cc4)C(=O)C23)cc1. The fraction of sp³-hybridized carbons (Fsp3) is 0.241. The van der Waals surface area contributed by atoms with E-state index in [1.165, 1.54) is 12.1 Å². The van der Waals surface area contributed by atoms with Crippen LogP contribution in [0.15, 0.2) is 72.8 Å². The smallest absolute Gasteiger partial charge is 0.349 e. The monoisotopic (exact) mass is 519 g/mol. The average molecular weight is 519 g/mol. The number of imide groups is 1. The van der Waals surface area contributed by atoms with Gasteiger partial charge in [-0.15, -0.1) is 0 Å². The van der Waals surface area contributed by atoms with Gasteiger partial charge in [-0.1, -0.05) is 55.5 Å². The van der Waals surface area contributed by atoms with Gasteiger partial charge in [-0.3, -0.25) is 19.2 Å². The molecule has 3 aromatic carbocycles. The molecule has 2 aliphatic heterocycles. The van der Waals surface area contributed by atoms with Gasteiger partial charge in [-0.2, -0.15) is 13.2 Å². The molecule has 2 fully saturated rings. The zero-order valence-electron chi connectivity index (χ0n) is 20.0. The molecule has 1 spiro atoms. The highest BCUT2D eigenvalue weighted by Gasteiger charge is 2.74. The van der Waals surface area contributed by atoms with Crippen molar-refractivity contribution in [3.8, 4) is 0 Å². The van der Waals surface area contributed by atoms with Crippen molar-refractivity contribution < 1.29 is 37.1 Å². The van der Waals surface area contributed by atoms with Crippen molar-refractivity contribution in [2.24, 2.45) is 11.8 Å². The fourth-order valence-corrected chi connectivity index (χ4v) is 5.82. The number of ether oxygens (including phenoxy) is 1. The minimum Gasteiger partial charge on any atom is -0.349 e. The highest BCUT2D eigenvalue weighted by Crippen LogP contribution is 2.57. The van der Waals surface area contributed by atoms with Crippen LogP contribution in [0.1, 0.15) is 50.4 Å². The number of benzene rings is 3. The molecular formula is C29H20F3NO5. The molecule has 0 saturated carbocycles. The summed E-state index contributed by atoms with van der Waals surface area (Å²) in [7, 11) is 0. The summed E-state index contributed by atoms with van der Waals surface area (Å²) in [6, 6.07) is 16.9. The first-order valence-corrected chi connectivity index (χ1v) is 12.1. The molecule has 3 aliphatic rings. The number of rotatable bonds is 3. The Morgan fingerprint density at radius 3 is 1.92 bits per heavy atom. The lowest BCUT2D eigenvalue weighted by molar-refractivity contribution is -0.137. The van der Waals surface area contributed by atoms with Crippen LogP contribution in [0.3, 0.4) is 0 Å². The Labute approximate surface area is 215 Å². The van der Waals surface area contributed by atoms with Crippen LogP contribution in [-0.2, 0) is 26.9 Å². The number of fused-ring (bicyclic) bond motifs is 3. The van der Waals surface area contributed by atoms with Crippen LogP contribution in [0.4, 0.5) is 18.9 Å². The van der Waals surface area contributed by atoms with E-state index in [2.05, 4.69) is 0 Å². The molecule has 2 saturated heterocycles. The topological polar surface area (TPSA) is 80.8 Å². The van der Waals surface area contributed by atoms with Crippen molar-refractivity contribution in [3.05, 3.63) is 101 Å². The van der Waals surface area contributed by atoms with Gasteiger partial charge in [0, 0.05) is 11.1 Å². The van der Waals surface area contributed by atoms with Gasteiger partial charge in [0.25, 0.3) is 0 Å². The highest BCUT2D eigenvalue weighted by molar-refractivity contribution is 6.37. The van der Waals surface area contributed by atoms with Gasteiger partial charge in [0.05, 0.1) is 29.2 Å². The maximum Gasteiger partial charge on any atom is 0.416 e. The second-order valence-electron chi connectivity index (χ2n) is 9.63. The van der Waals surface area contributed by atoms with Crippen molar-refractivity contribution in [2.75, 3.05) is 4.90 Å². The van der Waals surface area contributed by atoms with E-state index >= 15 is 0 Å². The lowest BCUT2D eigenvalue weighted by Crippen LogP contribution is -2.51. The number of anilines is 1. The summed E-state index contributed by atoms with van der Waals surface area (Å²) < 4.78 is 45.5. The summed E-state index contributed by atoms with van der Waals surface area (Å²) in [5.41, 5.74) is -1.52. The molecule has 6 rings (SSSR count). The Balaban J connectivity index is 1.49. The number of carbonyl (C=O) groups excluding carboxylic acids is 4. The minimum absolute atomic E-state index is 0.0759. The molecule has 3 unspecified atom stereocenters. The molecule has 6 nitrogen and oxygen atoms in total. The van der Waals surface area contributed by atoms with Gasteiger partial charge in [0.15, 0.2) is 0 Å². The molecule has 9 heteroatoms. The Kier molecular flexibility index (Phi) is 5.23. The normalized spacial score (nSPS) is 23.9. The van der Waals surface area contributed by atoms with E-state index in [4.69, 9.17) is 4.74 Å². The van der Waals surface area contributed by atoms with Gasteiger partial charge in [-0.25, -0.2) is 4.90 Å². The van der Waals surface area contributed by atoms with Gasteiger partial charge in [0.2, 0.25) is 29.0 Å². The molecule has 0 aromatic heterocycles. The number of nitrogens with zero attached hydrogens (tertiary/aromatic N) is 1. The first kappa shape index (κ1) is 24.2. The minimum atomic E-state index is -4.60. The third kappa shape index (κ3) is 3.18. The number of amides is 2. The quantitative estimate of drug-likeness (QED) is 0.361. The van der Waals surface area contributed by atoms with Crippen LogP contribution in [0.5, 0.6) is 0 Å². The Morgan fingerprint density at radius 2 is 1.39 bits per heavy atom. The van der Waals surface area contributed by atoms with Crippen LogP contribution >= 0.6 is 0 Å². The Hall–Kier alpha value is -4.11. The zero-order valence-corrected chi connectivity index (χ0v) is 20.0. The van der Waals surface area contributed by atoms with Crippen molar-refractivity contribution in [1.82, 2.24) is 0 Å². The third-order valence-electron chi connectivity index (χ3n) is 7.69. The van der Waals surface area contributed by atoms with Crippen molar-refractivity contribution in [3.63, 3.8) is 0 Å². The summed E-state index contributed by atoms with van der Waals surface area (Å²) in [5.74, 6) is -5.69. The molecule has 192 valence electrons. The number of hydrogen-bond donors (Lipinski definition) is 0. The maximum atomic E-state index is 13.9. The first-order chi connectivity index (χ1) is 18.1.